The number of hydrogen-bond acceptors (Lipinski definition) is 3. The van der Waals surface area contributed by atoms with E-state index in [4.69, 9.17) is 15.0 Å². The third-order valence-electron chi connectivity index (χ3n) is 13.0. The van der Waals surface area contributed by atoms with Gasteiger partial charge < -0.3 is 9.13 Å². The molecule has 1 unspecified atom stereocenters. The molecule has 0 aliphatic heterocycles. The van der Waals surface area contributed by atoms with Gasteiger partial charge in [0.15, 0.2) is 17.5 Å². The van der Waals surface area contributed by atoms with E-state index in [-0.39, 0.29) is 0 Å². The average molecular weight is 818 g/mol. The van der Waals surface area contributed by atoms with Crippen molar-refractivity contribution in [1.29, 1.82) is 0 Å². The van der Waals surface area contributed by atoms with Gasteiger partial charge in [-0.1, -0.05) is 158 Å². The van der Waals surface area contributed by atoms with Gasteiger partial charge in [-0.3, -0.25) is 0 Å². The van der Waals surface area contributed by atoms with Gasteiger partial charge in [-0.15, -0.1) is 0 Å². The van der Waals surface area contributed by atoms with Crippen molar-refractivity contribution < 1.29 is 0 Å². The molecule has 0 bridgehead atoms. The van der Waals surface area contributed by atoms with Gasteiger partial charge in [0.25, 0.3) is 0 Å². The fourth-order valence-electron chi connectivity index (χ4n) is 9.87. The van der Waals surface area contributed by atoms with Gasteiger partial charge in [0.1, 0.15) is 0 Å². The molecule has 1 atom stereocenters. The summed E-state index contributed by atoms with van der Waals surface area (Å²) >= 11 is 0. The minimum absolute atomic E-state index is 0.380. The molecule has 0 saturated carbocycles. The van der Waals surface area contributed by atoms with Crippen LogP contribution in [0, 0.1) is 0 Å². The van der Waals surface area contributed by atoms with Gasteiger partial charge >= 0.3 is 0 Å². The Balaban J connectivity index is 0.948. The highest BCUT2D eigenvalue weighted by molar-refractivity contribution is 6.21. The molecule has 0 N–H and O–H groups in total. The highest BCUT2D eigenvalue weighted by atomic mass is 15.0. The number of benzene rings is 9. The Morgan fingerprint density at radius 3 is 1.69 bits per heavy atom. The van der Waals surface area contributed by atoms with E-state index in [1.54, 1.807) is 0 Å². The standard InChI is InChI=1S/C59H39N5/c1-4-14-38(15-5-1)39-24-26-41(27-25-39)58-60-57(40-16-6-2-7-17-40)61-59(62-58)46-29-28-45-33-48(31-30-44(45)32-46)64-53-23-13-12-22-49(53)51-36-52-50-34-42-18-10-11-19-43(42)35-54(50)63(56(52)37-55(51)64)47-20-8-3-9-21-47/h1-14,16-38H,15H2. The summed E-state index contributed by atoms with van der Waals surface area (Å²) in [5.74, 6) is 2.34. The van der Waals surface area contributed by atoms with Crippen LogP contribution in [0.2, 0.25) is 0 Å². The summed E-state index contributed by atoms with van der Waals surface area (Å²) in [6, 6.07) is 69.9. The zero-order valence-corrected chi connectivity index (χ0v) is 34.8. The fraction of sp³-hybridized carbons (Fsp3) is 0.0339. The first-order valence-electron chi connectivity index (χ1n) is 22.0. The fourth-order valence-corrected chi connectivity index (χ4v) is 9.87. The van der Waals surface area contributed by atoms with Crippen molar-refractivity contribution in [1.82, 2.24) is 24.1 Å². The van der Waals surface area contributed by atoms with Crippen molar-refractivity contribution in [3.05, 3.63) is 224 Å². The smallest absolute Gasteiger partial charge is 0.164 e. The second-order valence-corrected chi connectivity index (χ2v) is 16.8. The van der Waals surface area contributed by atoms with Crippen LogP contribution < -0.4 is 0 Å². The Labute approximate surface area is 369 Å². The first-order valence-corrected chi connectivity index (χ1v) is 22.0. The third-order valence-corrected chi connectivity index (χ3v) is 13.0. The van der Waals surface area contributed by atoms with Crippen LogP contribution in [0.3, 0.4) is 0 Å². The first kappa shape index (κ1) is 36.3. The van der Waals surface area contributed by atoms with Crippen molar-refractivity contribution in [3.8, 4) is 45.5 Å². The maximum absolute atomic E-state index is 5.11. The van der Waals surface area contributed by atoms with Crippen LogP contribution in [0.5, 0.6) is 0 Å². The Hall–Kier alpha value is -8.41. The molecular weight excluding hydrogens is 779 g/mol. The van der Waals surface area contributed by atoms with E-state index in [1.165, 1.54) is 59.9 Å². The van der Waals surface area contributed by atoms with Crippen molar-refractivity contribution in [2.75, 3.05) is 0 Å². The van der Waals surface area contributed by atoms with Crippen molar-refractivity contribution >= 4 is 65.2 Å². The number of aromatic nitrogens is 5. The Morgan fingerprint density at radius 1 is 0.359 bits per heavy atom. The Morgan fingerprint density at radius 2 is 0.922 bits per heavy atom. The number of para-hydroxylation sites is 2. The molecule has 12 aromatic rings. The number of nitrogens with zero attached hydrogens (tertiary/aromatic N) is 5. The van der Waals surface area contributed by atoms with Gasteiger partial charge in [-0.25, -0.2) is 15.0 Å². The zero-order chi connectivity index (χ0) is 42.1. The van der Waals surface area contributed by atoms with Gasteiger partial charge in [0.2, 0.25) is 0 Å². The molecule has 3 aromatic heterocycles. The summed E-state index contributed by atoms with van der Waals surface area (Å²) in [7, 11) is 0. The minimum Gasteiger partial charge on any atom is -0.309 e. The molecule has 0 saturated heterocycles. The van der Waals surface area contributed by atoms with Crippen LogP contribution in [0.25, 0.3) is 111 Å². The molecule has 5 nitrogen and oxygen atoms in total. The van der Waals surface area contributed by atoms with Crippen LogP contribution >= 0.6 is 0 Å². The molecule has 0 radical (unpaired) electrons. The van der Waals surface area contributed by atoms with E-state index in [1.807, 2.05) is 18.2 Å². The molecule has 3 heterocycles. The Kier molecular flexibility index (Phi) is 8.28. The van der Waals surface area contributed by atoms with Crippen LogP contribution in [0.1, 0.15) is 17.9 Å². The number of allylic oxidation sites excluding steroid dienone is 4. The largest absolute Gasteiger partial charge is 0.309 e. The molecule has 300 valence electrons. The summed E-state index contributed by atoms with van der Waals surface area (Å²) in [5.41, 5.74) is 11.1. The Bertz CT molecular complexity index is 3860. The molecule has 0 amide bonds. The summed E-state index contributed by atoms with van der Waals surface area (Å²) in [5, 5.41) is 9.69. The summed E-state index contributed by atoms with van der Waals surface area (Å²) in [6.07, 6.45) is 9.74. The van der Waals surface area contributed by atoms with E-state index < -0.39 is 0 Å². The molecular formula is C59H39N5. The van der Waals surface area contributed by atoms with Gasteiger partial charge in [0.05, 0.1) is 22.1 Å². The van der Waals surface area contributed by atoms with Crippen molar-refractivity contribution in [3.63, 3.8) is 0 Å². The highest BCUT2D eigenvalue weighted by Crippen LogP contribution is 2.41. The molecule has 13 rings (SSSR count). The van der Waals surface area contributed by atoms with E-state index in [0.717, 1.165) is 45.3 Å². The SMILES string of the molecule is C1=CCC(c2ccc(-c3nc(-c4ccccc4)nc(-c4ccc5cc(-n6c7ccccc7c7cc8c9cc%10ccccc%10cc9n(-c9ccccc9)c8cc76)ccc5c4)n3)cc2)C=C1. The first-order chi connectivity index (χ1) is 31.7. The predicted octanol–water partition coefficient (Wildman–Crippen LogP) is 15.0. The topological polar surface area (TPSA) is 48.5 Å². The van der Waals surface area contributed by atoms with Gasteiger partial charge in [0, 0.05) is 55.5 Å². The van der Waals surface area contributed by atoms with Crippen LogP contribution in [-0.2, 0) is 0 Å². The lowest BCUT2D eigenvalue weighted by molar-refractivity contribution is 0.854. The summed E-state index contributed by atoms with van der Waals surface area (Å²) in [6.45, 7) is 0. The maximum atomic E-state index is 5.11. The number of fused-ring (bicyclic) bond motifs is 8. The lowest BCUT2D eigenvalue weighted by Crippen LogP contribution is -2.01. The van der Waals surface area contributed by atoms with Gasteiger partial charge in [-0.2, -0.15) is 0 Å². The maximum Gasteiger partial charge on any atom is 0.164 e. The normalized spacial score (nSPS) is 13.9. The third kappa shape index (κ3) is 5.97. The molecule has 1 aliphatic rings. The number of rotatable bonds is 6. The second-order valence-electron chi connectivity index (χ2n) is 16.8. The number of hydrogen-bond donors (Lipinski definition) is 0. The molecule has 64 heavy (non-hydrogen) atoms. The van der Waals surface area contributed by atoms with Crippen LogP contribution in [-0.4, -0.2) is 24.1 Å². The molecule has 0 fully saturated rings. The van der Waals surface area contributed by atoms with E-state index >= 15 is 0 Å². The molecule has 5 heteroatoms. The average Bonchev–Trinajstić information content (AvgIpc) is 3.86. The minimum atomic E-state index is 0.380. The lowest BCUT2D eigenvalue weighted by Gasteiger charge is -2.14. The van der Waals surface area contributed by atoms with Crippen LogP contribution in [0.4, 0.5) is 0 Å². The van der Waals surface area contributed by atoms with Crippen molar-refractivity contribution in [2.45, 2.75) is 12.3 Å². The molecule has 1 aliphatic carbocycles. The second kappa shape index (κ2) is 14.6. The quantitative estimate of drug-likeness (QED) is 0.168. The highest BCUT2D eigenvalue weighted by Gasteiger charge is 2.20. The predicted molar refractivity (Wildman–Crippen MR) is 265 cm³/mol. The monoisotopic (exact) mass is 817 g/mol. The van der Waals surface area contributed by atoms with E-state index in [0.29, 0.717) is 23.4 Å². The summed E-state index contributed by atoms with van der Waals surface area (Å²) in [4.78, 5) is 15.2. The summed E-state index contributed by atoms with van der Waals surface area (Å²) < 4.78 is 4.86. The lowest BCUT2D eigenvalue weighted by atomic mass is 9.92. The molecule has 0 spiro atoms. The van der Waals surface area contributed by atoms with Crippen molar-refractivity contribution in [2.24, 2.45) is 0 Å². The molecule has 9 aromatic carbocycles. The van der Waals surface area contributed by atoms with E-state index in [2.05, 4.69) is 209 Å². The van der Waals surface area contributed by atoms with Gasteiger partial charge in [-0.05, 0) is 94.2 Å². The van der Waals surface area contributed by atoms with E-state index in [9.17, 15) is 0 Å². The zero-order valence-electron chi connectivity index (χ0n) is 34.8. The van der Waals surface area contributed by atoms with Crippen LogP contribution in [0.15, 0.2) is 218 Å².